The molecule has 3 atom stereocenters. The summed E-state index contributed by atoms with van der Waals surface area (Å²) >= 11 is 6.14. The number of fused-ring (bicyclic) bond motifs is 1. The molecule has 1 aliphatic carbocycles. The highest BCUT2D eigenvalue weighted by molar-refractivity contribution is 6.31. The van der Waals surface area contributed by atoms with Crippen LogP contribution in [0.15, 0.2) is 24.3 Å². The fraction of sp³-hybridized carbons (Fsp3) is 0.526. The van der Waals surface area contributed by atoms with Gasteiger partial charge in [0.1, 0.15) is 0 Å². The second-order valence-electron chi connectivity index (χ2n) is 6.89. The highest BCUT2D eigenvalue weighted by atomic mass is 35.5. The zero-order valence-electron chi connectivity index (χ0n) is 14.3. The second-order valence-corrected chi connectivity index (χ2v) is 7.29. The number of nitrogens with one attached hydrogen (secondary N) is 1. The molecule has 134 valence electrons. The molecular formula is C19H23ClN2O3. The van der Waals surface area contributed by atoms with Gasteiger partial charge in [0.15, 0.2) is 0 Å². The van der Waals surface area contributed by atoms with Gasteiger partial charge in [0, 0.05) is 18.0 Å². The molecule has 1 saturated heterocycles. The van der Waals surface area contributed by atoms with E-state index in [0.29, 0.717) is 5.02 Å². The lowest BCUT2D eigenvalue weighted by atomic mass is 9.81. The largest absolute Gasteiger partial charge is 0.349 e. The van der Waals surface area contributed by atoms with E-state index in [0.717, 1.165) is 31.2 Å². The van der Waals surface area contributed by atoms with E-state index in [9.17, 15) is 14.4 Å². The lowest BCUT2D eigenvalue weighted by Crippen LogP contribution is -2.36. The van der Waals surface area contributed by atoms with Crippen molar-refractivity contribution >= 4 is 29.3 Å². The van der Waals surface area contributed by atoms with Crippen LogP contribution in [0.25, 0.3) is 0 Å². The van der Waals surface area contributed by atoms with E-state index in [1.165, 1.54) is 4.90 Å². The van der Waals surface area contributed by atoms with Crippen LogP contribution in [0.2, 0.25) is 5.02 Å². The topological polar surface area (TPSA) is 66.5 Å². The maximum atomic E-state index is 12.4. The van der Waals surface area contributed by atoms with Crippen LogP contribution in [0.1, 0.15) is 50.6 Å². The number of carbonyl (C=O) groups is 3. The van der Waals surface area contributed by atoms with Gasteiger partial charge >= 0.3 is 0 Å². The monoisotopic (exact) mass is 362 g/mol. The molecule has 5 nitrogen and oxygen atoms in total. The third-order valence-corrected chi connectivity index (χ3v) is 5.59. The van der Waals surface area contributed by atoms with Crippen molar-refractivity contribution < 1.29 is 14.4 Å². The number of likely N-dealkylation sites (tertiary alicyclic amines) is 1. The number of imide groups is 1. The van der Waals surface area contributed by atoms with Crippen LogP contribution in [0.3, 0.4) is 0 Å². The SMILES string of the molecule is C[C@@H](NC(=O)CCN1C(=O)[C@H]2CCCC[C@@H]2C1=O)c1ccccc1Cl. The molecule has 1 heterocycles. The number of nitrogens with zero attached hydrogens (tertiary/aromatic N) is 1. The van der Waals surface area contributed by atoms with Gasteiger partial charge in [-0.25, -0.2) is 0 Å². The minimum absolute atomic E-state index is 0.0957. The smallest absolute Gasteiger partial charge is 0.233 e. The lowest BCUT2D eigenvalue weighted by molar-refractivity contribution is -0.140. The quantitative estimate of drug-likeness (QED) is 0.818. The third-order valence-electron chi connectivity index (χ3n) is 5.24. The zero-order chi connectivity index (χ0) is 18.0. The van der Waals surface area contributed by atoms with Gasteiger partial charge in [-0.05, 0) is 31.4 Å². The van der Waals surface area contributed by atoms with Crippen molar-refractivity contribution in [3.63, 3.8) is 0 Å². The third kappa shape index (κ3) is 3.71. The lowest BCUT2D eigenvalue weighted by Gasteiger charge is -2.19. The summed E-state index contributed by atoms with van der Waals surface area (Å²) < 4.78 is 0. The Morgan fingerprint density at radius 3 is 2.40 bits per heavy atom. The standard InChI is InChI=1S/C19H23ClN2O3/c1-12(13-6-4-5-9-16(13)20)21-17(23)10-11-22-18(24)14-7-2-3-8-15(14)19(22)25/h4-6,9,12,14-15H,2-3,7-8,10-11H2,1H3,(H,21,23)/t12-,14+,15+/m1/s1. The normalized spacial score (nSPS) is 24.2. The van der Waals surface area contributed by atoms with Gasteiger partial charge < -0.3 is 5.32 Å². The number of hydrogen-bond donors (Lipinski definition) is 1. The molecule has 0 radical (unpaired) electrons. The number of carbonyl (C=O) groups excluding carboxylic acids is 3. The average Bonchev–Trinajstić information content (AvgIpc) is 2.85. The van der Waals surface area contributed by atoms with Crippen LogP contribution < -0.4 is 5.32 Å². The maximum absolute atomic E-state index is 12.4. The Morgan fingerprint density at radius 1 is 1.20 bits per heavy atom. The Hall–Kier alpha value is -1.88. The minimum Gasteiger partial charge on any atom is -0.349 e. The summed E-state index contributed by atoms with van der Waals surface area (Å²) in [5, 5.41) is 3.48. The molecular weight excluding hydrogens is 340 g/mol. The van der Waals surface area contributed by atoms with Gasteiger partial charge in [-0.15, -0.1) is 0 Å². The van der Waals surface area contributed by atoms with Crippen molar-refractivity contribution in [3.05, 3.63) is 34.9 Å². The number of halogens is 1. The predicted octanol–water partition coefficient (Wildman–Crippen LogP) is 3.08. The van der Waals surface area contributed by atoms with Gasteiger partial charge in [-0.1, -0.05) is 42.6 Å². The molecule has 1 saturated carbocycles. The minimum atomic E-state index is -0.228. The van der Waals surface area contributed by atoms with Gasteiger partial charge in [0.05, 0.1) is 17.9 Å². The van der Waals surface area contributed by atoms with E-state index < -0.39 is 0 Å². The molecule has 1 aliphatic heterocycles. The van der Waals surface area contributed by atoms with Crippen molar-refractivity contribution in [2.24, 2.45) is 11.8 Å². The second kappa shape index (κ2) is 7.56. The molecule has 1 N–H and O–H groups in total. The molecule has 6 heteroatoms. The van der Waals surface area contributed by atoms with E-state index in [-0.39, 0.29) is 48.6 Å². The number of rotatable bonds is 5. The number of hydrogen-bond acceptors (Lipinski definition) is 3. The van der Waals surface area contributed by atoms with Crippen LogP contribution in [-0.2, 0) is 14.4 Å². The van der Waals surface area contributed by atoms with Gasteiger partial charge in [0.25, 0.3) is 0 Å². The molecule has 2 aliphatic rings. The summed E-state index contributed by atoms with van der Waals surface area (Å²) in [5.74, 6) is -0.705. The predicted molar refractivity (Wildman–Crippen MR) is 94.8 cm³/mol. The molecule has 0 aromatic heterocycles. The Kier molecular flexibility index (Phi) is 5.42. The molecule has 3 rings (SSSR count). The summed E-state index contributed by atoms with van der Waals surface area (Å²) in [6.45, 7) is 2.02. The van der Waals surface area contributed by atoms with Crippen molar-refractivity contribution in [3.8, 4) is 0 Å². The van der Waals surface area contributed by atoms with E-state index in [1.54, 1.807) is 6.07 Å². The molecule has 2 fully saturated rings. The van der Waals surface area contributed by atoms with E-state index >= 15 is 0 Å². The van der Waals surface area contributed by atoms with Crippen molar-refractivity contribution in [2.45, 2.75) is 45.1 Å². The molecule has 1 aromatic rings. The fourth-order valence-electron chi connectivity index (χ4n) is 3.88. The van der Waals surface area contributed by atoms with Crippen molar-refractivity contribution in [2.75, 3.05) is 6.54 Å². The first kappa shape index (κ1) is 17.9. The van der Waals surface area contributed by atoms with Crippen LogP contribution in [-0.4, -0.2) is 29.2 Å². The van der Waals surface area contributed by atoms with E-state index in [2.05, 4.69) is 5.32 Å². The molecule has 0 unspecified atom stereocenters. The van der Waals surface area contributed by atoms with Crippen molar-refractivity contribution in [1.29, 1.82) is 0 Å². The highest BCUT2D eigenvalue weighted by Gasteiger charge is 2.47. The van der Waals surface area contributed by atoms with Crippen molar-refractivity contribution in [1.82, 2.24) is 10.2 Å². The van der Waals surface area contributed by atoms with Gasteiger partial charge in [0.2, 0.25) is 17.7 Å². The summed E-state index contributed by atoms with van der Waals surface area (Å²) in [5.41, 5.74) is 0.844. The molecule has 3 amide bonds. The maximum Gasteiger partial charge on any atom is 0.233 e. The molecule has 1 aromatic carbocycles. The number of amides is 3. The number of benzene rings is 1. The van der Waals surface area contributed by atoms with Gasteiger partial charge in [-0.3, -0.25) is 19.3 Å². The Bertz CT molecular complexity index is 667. The Morgan fingerprint density at radius 2 is 1.80 bits per heavy atom. The summed E-state index contributed by atoms with van der Waals surface area (Å²) in [7, 11) is 0. The first-order valence-corrected chi connectivity index (χ1v) is 9.26. The van der Waals surface area contributed by atoms with E-state index in [4.69, 9.17) is 11.6 Å². The zero-order valence-corrected chi connectivity index (χ0v) is 15.1. The average molecular weight is 363 g/mol. The Balaban J connectivity index is 1.55. The summed E-state index contributed by atoms with van der Waals surface area (Å²) in [4.78, 5) is 38.3. The van der Waals surface area contributed by atoms with Crippen LogP contribution in [0.5, 0.6) is 0 Å². The first-order valence-electron chi connectivity index (χ1n) is 8.88. The van der Waals surface area contributed by atoms with Gasteiger partial charge in [-0.2, -0.15) is 0 Å². The Labute approximate surface area is 152 Å². The summed E-state index contributed by atoms with van der Waals surface area (Å²) in [6.07, 6.45) is 3.71. The molecule has 0 bridgehead atoms. The summed E-state index contributed by atoms with van der Waals surface area (Å²) in [6, 6.07) is 7.13. The molecule has 0 spiro atoms. The highest BCUT2D eigenvalue weighted by Crippen LogP contribution is 2.38. The van der Waals surface area contributed by atoms with Crippen LogP contribution in [0, 0.1) is 11.8 Å². The first-order chi connectivity index (χ1) is 12.0. The van der Waals surface area contributed by atoms with Crippen LogP contribution >= 0.6 is 11.6 Å². The van der Waals surface area contributed by atoms with Crippen LogP contribution in [0.4, 0.5) is 0 Å². The van der Waals surface area contributed by atoms with E-state index in [1.807, 2.05) is 25.1 Å². The fourth-order valence-corrected chi connectivity index (χ4v) is 4.18. The molecule has 25 heavy (non-hydrogen) atoms.